The third-order valence-electron chi connectivity index (χ3n) is 2.36. The van der Waals surface area contributed by atoms with Crippen molar-refractivity contribution >= 4 is 5.52 Å². The summed E-state index contributed by atoms with van der Waals surface area (Å²) in [5.74, 6) is 0. The van der Waals surface area contributed by atoms with Crippen LogP contribution in [0.4, 0.5) is 0 Å². The van der Waals surface area contributed by atoms with Gasteiger partial charge in [-0.3, -0.25) is 0 Å². The molecule has 0 aliphatic heterocycles. The summed E-state index contributed by atoms with van der Waals surface area (Å²) in [6.07, 6.45) is 3.85. The highest BCUT2D eigenvalue weighted by atomic mass is 15.5. The molecule has 3 rings (SSSR count). The Kier molecular flexibility index (Phi) is 1.75. The molecule has 3 nitrogen and oxygen atoms in total. The average molecular weight is 196 g/mol. The minimum Gasteiger partial charge on any atom is -0.121 e. The maximum atomic E-state index is 4.35. The van der Waals surface area contributed by atoms with Gasteiger partial charge in [0, 0.05) is 5.10 Å². The maximum Gasteiger partial charge on any atom is 0.214 e. The quantitative estimate of drug-likeness (QED) is 0.542. The predicted octanol–water partition coefficient (Wildman–Crippen LogP) is 1.61. The predicted molar refractivity (Wildman–Crippen MR) is 56.7 cm³/mol. The third kappa shape index (κ3) is 1.29. The lowest BCUT2D eigenvalue weighted by molar-refractivity contribution is -0.603. The second kappa shape index (κ2) is 3.20. The molecule has 0 aliphatic carbocycles. The molecule has 0 amide bonds. The summed E-state index contributed by atoms with van der Waals surface area (Å²) in [5.41, 5.74) is 2.14. The second-order valence-corrected chi connectivity index (χ2v) is 3.34. The van der Waals surface area contributed by atoms with Crippen LogP contribution in [0.15, 0.2) is 60.9 Å². The van der Waals surface area contributed by atoms with E-state index in [0.29, 0.717) is 0 Å². The van der Waals surface area contributed by atoms with Gasteiger partial charge < -0.3 is 0 Å². The summed E-state index contributed by atoms with van der Waals surface area (Å²) in [6, 6.07) is 16.1. The molecule has 0 bridgehead atoms. The summed E-state index contributed by atoms with van der Waals surface area (Å²) >= 11 is 0. The Hall–Kier alpha value is -2.16. The molecule has 0 saturated heterocycles. The van der Waals surface area contributed by atoms with Crippen LogP contribution in [0.5, 0.6) is 0 Å². The summed E-state index contributed by atoms with van der Waals surface area (Å²) in [4.78, 5) is 1.87. The van der Waals surface area contributed by atoms with Crippen molar-refractivity contribution < 1.29 is 4.52 Å². The molecule has 3 aromatic rings. The molecule has 0 unspecified atom stereocenters. The SMILES string of the molecule is c1ccc(-n2ncc3cccc[n+]32)cc1. The Balaban J connectivity index is 2.28. The van der Waals surface area contributed by atoms with Gasteiger partial charge in [0.15, 0.2) is 5.52 Å². The Bertz CT molecular complexity index is 584. The van der Waals surface area contributed by atoms with Crippen molar-refractivity contribution in [2.45, 2.75) is 0 Å². The van der Waals surface area contributed by atoms with Crippen LogP contribution in [0.1, 0.15) is 0 Å². The van der Waals surface area contributed by atoms with Crippen molar-refractivity contribution in [3.63, 3.8) is 0 Å². The van der Waals surface area contributed by atoms with Crippen molar-refractivity contribution in [2.75, 3.05) is 0 Å². The number of fused-ring (bicyclic) bond motifs is 1. The first-order chi connectivity index (χ1) is 7.45. The normalized spacial score (nSPS) is 10.7. The molecule has 0 radical (unpaired) electrons. The fourth-order valence-corrected chi connectivity index (χ4v) is 1.64. The summed E-state index contributed by atoms with van der Waals surface area (Å²) in [7, 11) is 0. The summed E-state index contributed by atoms with van der Waals surface area (Å²) < 4.78 is 2.01. The van der Waals surface area contributed by atoms with Gasteiger partial charge in [-0.15, -0.1) is 4.52 Å². The maximum absolute atomic E-state index is 4.35. The van der Waals surface area contributed by atoms with Crippen LogP contribution in [0.2, 0.25) is 0 Å². The van der Waals surface area contributed by atoms with Gasteiger partial charge >= 0.3 is 0 Å². The number of aromatic nitrogens is 3. The largest absolute Gasteiger partial charge is 0.214 e. The van der Waals surface area contributed by atoms with E-state index in [4.69, 9.17) is 0 Å². The van der Waals surface area contributed by atoms with E-state index >= 15 is 0 Å². The number of benzene rings is 1. The van der Waals surface area contributed by atoms with Crippen molar-refractivity contribution in [1.29, 1.82) is 0 Å². The van der Waals surface area contributed by atoms with E-state index in [1.54, 1.807) is 0 Å². The first-order valence-corrected chi connectivity index (χ1v) is 4.85. The van der Waals surface area contributed by atoms with Gasteiger partial charge in [-0.05, 0) is 29.1 Å². The van der Waals surface area contributed by atoms with Gasteiger partial charge in [0.25, 0.3) is 0 Å². The van der Waals surface area contributed by atoms with Gasteiger partial charge in [0.1, 0.15) is 11.9 Å². The van der Waals surface area contributed by atoms with E-state index in [1.165, 1.54) is 0 Å². The Morgan fingerprint density at radius 3 is 2.60 bits per heavy atom. The third-order valence-corrected chi connectivity index (χ3v) is 2.36. The van der Waals surface area contributed by atoms with Crippen LogP contribution in [0.3, 0.4) is 0 Å². The molecule has 0 aliphatic rings. The number of hydrogen-bond donors (Lipinski definition) is 0. The minimum atomic E-state index is 1.06. The molecule has 2 aromatic heterocycles. The van der Waals surface area contributed by atoms with Crippen LogP contribution < -0.4 is 4.52 Å². The monoisotopic (exact) mass is 196 g/mol. The van der Waals surface area contributed by atoms with E-state index in [2.05, 4.69) is 5.10 Å². The molecule has 0 N–H and O–H groups in total. The lowest BCUT2D eigenvalue weighted by Crippen LogP contribution is -2.31. The van der Waals surface area contributed by atoms with Crippen molar-refractivity contribution in [1.82, 2.24) is 9.90 Å². The van der Waals surface area contributed by atoms with Gasteiger partial charge in [-0.2, -0.15) is 0 Å². The molecule has 0 spiro atoms. The van der Waals surface area contributed by atoms with Crippen LogP contribution in [-0.4, -0.2) is 9.90 Å². The van der Waals surface area contributed by atoms with Crippen molar-refractivity contribution in [3.8, 4) is 5.69 Å². The molecular formula is C12H10N3+. The molecule has 72 valence electrons. The lowest BCUT2D eigenvalue weighted by atomic mass is 10.3. The zero-order valence-corrected chi connectivity index (χ0v) is 8.12. The Morgan fingerprint density at radius 1 is 0.933 bits per heavy atom. The fraction of sp³-hybridized carbons (Fsp3) is 0. The minimum absolute atomic E-state index is 1.06. The summed E-state index contributed by atoms with van der Waals surface area (Å²) in [6.45, 7) is 0. The van der Waals surface area contributed by atoms with Gasteiger partial charge in [-0.25, -0.2) is 0 Å². The molecule has 0 fully saturated rings. The molecule has 0 saturated carbocycles. The van der Waals surface area contributed by atoms with Gasteiger partial charge in [0.05, 0.1) is 0 Å². The number of nitrogens with zero attached hydrogens (tertiary/aromatic N) is 3. The molecular weight excluding hydrogens is 186 g/mol. The standard InChI is InChI=1S/C12H10N3/c1-2-6-11(7-3-1)15-13-10-12-8-4-5-9-14(12)15/h1-10H/q+1. The smallest absolute Gasteiger partial charge is 0.121 e. The highest BCUT2D eigenvalue weighted by molar-refractivity contribution is 5.36. The number of para-hydroxylation sites is 1. The Morgan fingerprint density at radius 2 is 1.73 bits per heavy atom. The van der Waals surface area contributed by atoms with Gasteiger partial charge in [-0.1, -0.05) is 24.3 Å². The number of rotatable bonds is 1. The molecule has 2 heterocycles. The van der Waals surface area contributed by atoms with E-state index in [9.17, 15) is 0 Å². The second-order valence-electron chi connectivity index (χ2n) is 3.34. The van der Waals surface area contributed by atoms with Crippen LogP contribution in [0.25, 0.3) is 11.2 Å². The van der Waals surface area contributed by atoms with E-state index < -0.39 is 0 Å². The molecule has 1 aromatic carbocycles. The van der Waals surface area contributed by atoms with Gasteiger partial charge in [0.2, 0.25) is 6.20 Å². The van der Waals surface area contributed by atoms with Crippen LogP contribution in [-0.2, 0) is 0 Å². The van der Waals surface area contributed by atoms with E-state index in [0.717, 1.165) is 11.2 Å². The number of pyridine rings is 1. The van der Waals surface area contributed by atoms with Crippen LogP contribution in [0, 0.1) is 0 Å². The summed E-state index contributed by atoms with van der Waals surface area (Å²) in [5, 5.41) is 4.35. The first-order valence-electron chi connectivity index (χ1n) is 4.85. The van der Waals surface area contributed by atoms with E-state index in [-0.39, 0.29) is 0 Å². The number of hydrogen-bond acceptors (Lipinski definition) is 1. The lowest BCUT2D eigenvalue weighted by Gasteiger charge is -1.95. The molecule has 3 heteroatoms. The van der Waals surface area contributed by atoms with Crippen molar-refractivity contribution in [3.05, 3.63) is 60.9 Å². The van der Waals surface area contributed by atoms with Crippen molar-refractivity contribution in [2.24, 2.45) is 0 Å². The zero-order chi connectivity index (χ0) is 10.1. The van der Waals surface area contributed by atoms with E-state index in [1.807, 2.05) is 70.2 Å². The zero-order valence-electron chi connectivity index (χ0n) is 8.12. The highest BCUT2D eigenvalue weighted by Gasteiger charge is 2.10. The van der Waals surface area contributed by atoms with Crippen LogP contribution >= 0.6 is 0 Å². The highest BCUT2D eigenvalue weighted by Crippen LogP contribution is 2.03. The molecule has 0 atom stereocenters. The first kappa shape index (κ1) is 8.17. The molecule has 15 heavy (non-hydrogen) atoms. The Labute approximate surface area is 87.2 Å². The topological polar surface area (TPSA) is 21.9 Å². The average Bonchev–Trinajstić information content (AvgIpc) is 2.74. The fourth-order valence-electron chi connectivity index (χ4n) is 1.64.